The SMILES string of the molecule is CCC1NC(C)CCC1OCC(=O)NCc1ccccc1. The van der Waals surface area contributed by atoms with Crippen molar-refractivity contribution >= 4 is 5.91 Å². The van der Waals surface area contributed by atoms with Gasteiger partial charge in [-0.2, -0.15) is 0 Å². The lowest BCUT2D eigenvalue weighted by Crippen LogP contribution is -2.50. The predicted molar refractivity (Wildman–Crippen MR) is 83.9 cm³/mol. The van der Waals surface area contributed by atoms with E-state index in [-0.39, 0.29) is 18.6 Å². The Balaban J connectivity index is 1.71. The van der Waals surface area contributed by atoms with Crippen LogP contribution < -0.4 is 10.6 Å². The van der Waals surface area contributed by atoms with E-state index in [1.807, 2.05) is 30.3 Å². The summed E-state index contributed by atoms with van der Waals surface area (Å²) >= 11 is 0. The number of hydrogen-bond donors (Lipinski definition) is 2. The topological polar surface area (TPSA) is 50.4 Å². The minimum Gasteiger partial charge on any atom is -0.367 e. The highest BCUT2D eigenvalue weighted by Gasteiger charge is 2.27. The highest BCUT2D eigenvalue weighted by molar-refractivity contribution is 5.77. The molecule has 21 heavy (non-hydrogen) atoms. The normalized spacial score (nSPS) is 25.5. The van der Waals surface area contributed by atoms with Gasteiger partial charge in [-0.15, -0.1) is 0 Å². The van der Waals surface area contributed by atoms with Crippen LogP contribution in [0.2, 0.25) is 0 Å². The highest BCUT2D eigenvalue weighted by atomic mass is 16.5. The lowest BCUT2D eigenvalue weighted by molar-refractivity contribution is -0.129. The van der Waals surface area contributed by atoms with Crippen molar-refractivity contribution < 1.29 is 9.53 Å². The number of benzene rings is 1. The van der Waals surface area contributed by atoms with Crippen LogP contribution in [0.25, 0.3) is 0 Å². The largest absolute Gasteiger partial charge is 0.367 e. The molecule has 4 nitrogen and oxygen atoms in total. The average Bonchev–Trinajstić information content (AvgIpc) is 2.52. The maximum atomic E-state index is 11.9. The Kier molecular flexibility index (Phi) is 6.21. The van der Waals surface area contributed by atoms with E-state index < -0.39 is 0 Å². The lowest BCUT2D eigenvalue weighted by Gasteiger charge is -2.35. The molecule has 1 amide bonds. The van der Waals surface area contributed by atoms with Crippen LogP contribution in [0, 0.1) is 0 Å². The van der Waals surface area contributed by atoms with Gasteiger partial charge in [0.15, 0.2) is 0 Å². The minimum atomic E-state index is -0.0488. The van der Waals surface area contributed by atoms with E-state index in [2.05, 4.69) is 24.5 Å². The summed E-state index contributed by atoms with van der Waals surface area (Å²) in [6, 6.07) is 10.8. The summed E-state index contributed by atoms with van der Waals surface area (Å²) in [6.45, 7) is 5.05. The smallest absolute Gasteiger partial charge is 0.246 e. The predicted octanol–water partition coefficient (Wildman–Crippen LogP) is 2.24. The summed E-state index contributed by atoms with van der Waals surface area (Å²) in [5.74, 6) is -0.0488. The Morgan fingerprint density at radius 2 is 2.10 bits per heavy atom. The Hall–Kier alpha value is -1.39. The van der Waals surface area contributed by atoms with Gasteiger partial charge in [0.1, 0.15) is 6.61 Å². The summed E-state index contributed by atoms with van der Waals surface area (Å²) in [4.78, 5) is 11.9. The first-order chi connectivity index (χ1) is 10.2. The number of nitrogens with one attached hydrogen (secondary N) is 2. The van der Waals surface area contributed by atoms with Crippen LogP contribution >= 0.6 is 0 Å². The first-order valence-electron chi connectivity index (χ1n) is 7.87. The van der Waals surface area contributed by atoms with Gasteiger partial charge < -0.3 is 15.4 Å². The molecule has 1 aromatic carbocycles. The molecule has 0 radical (unpaired) electrons. The monoisotopic (exact) mass is 290 g/mol. The molecule has 0 bridgehead atoms. The van der Waals surface area contributed by atoms with Crippen molar-refractivity contribution in [2.24, 2.45) is 0 Å². The van der Waals surface area contributed by atoms with Gasteiger partial charge in [-0.25, -0.2) is 0 Å². The minimum absolute atomic E-state index is 0.0488. The van der Waals surface area contributed by atoms with Crippen LogP contribution in [0.15, 0.2) is 30.3 Å². The molecule has 1 heterocycles. The number of rotatable bonds is 6. The van der Waals surface area contributed by atoms with Gasteiger partial charge in [0.05, 0.1) is 6.10 Å². The van der Waals surface area contributed by atoms with Gasteiger partial charge in [-0.1, -0.05) is 37.3 Å². The summed E-state index contributed by atoms with van der Waals surface area (Å²) in [7, 11) is 0. The second-order valence-electron chi connectivity index (χ2n) is 5.77. The fourth-order valence-electron chi connectivity index (χ4n) is 2.78. The maximum Gasteiger partial charge on any atom is 0.246 e. The summed E-state index contributed by atoms with van der Waals surface area (Å²) in [6.07, 6.45) is 3.31. The van der Waals surface area contributed by atoms with E-state index in [1.165, 1.54) is 0 Å². The van der Waals surface area contributed by atoms with Crippen molar-refractivity contribution in [3.05, 3.63) is 35.9 Å². The number of ether oxygens (including phenoxy) is 1. The number of piperidine rings is 1. The van der Waals surface area contributed by atoms with E-state index in [4.69, 9.17) is 4.74 Å². The van der Waals surface area contributed by atoms with Gasteiger partial charge in [-0.3, -0.25) is 4.79 Å². The second kappa shape index (κ2) is 8.15. The van der Waals surface area contributed by atoms with Crippen molar-refractivity contribution in [3.63, 3.8) is 0 Å². The summed E-state index contributed by atoms with van der Waals surface area (Å²) in [5.41, 5.74) is 1.10. The second-order valence-corrected chi connectivity index (χ2v) is 5.77. The molecular weight excluding hydrogens is 264 g/mol. The third-order valence-electron chi connectivity index (χ3n) is 4.03. The molecule has 1 aliphatic rings. The number of carbonyl (C=O) groups is 1. The van der Waals surface area contributed by atoms with E-state index in [0.29, 0.717) is 18.6 Å². The number of amides is 1. The standard InChI is InChI=1S/C17H26N2O2/c1-3-15-16(10-9-13(2)19-15)21-12-17(20)18-11-14-7-5-4-6-8-14/h4-8,13,15-16,19H,3,9-12H2,1-2H3,(H,18,20). The molecule has 116 valence electrons. The molecule has 1 aromatic rings. The molecule has 2 N–H and O–H groups in total. The molecule has 2 rings (SSSR count). The van der Waals surface area contributed by atoms with Crippen LogP contribution in [-0.4, -0.2) is 30.7 Å². The maximum absolute atomic E-state index is 11.9. The van der Waals surface area contributed by atoms with Crippen molar-refractivity contribution in [2.75, 3.05) is 6.61 Å². The Bertz CT molecular complexity index is 436. The third-order valence-corrected chi connectivity index (χ3v) is 4.03. The molecule has 0 aliphatic carbocycles. The third kappa shape index (κ3) is 5.14. The number of hydrogen-bond acceptors (Lipinski definition) is 3. The van der Waals surface area contributed by atoms with Gasteiger partial charge >= 0.3 is 0 Å². The Morgan fingerprint density at radius 3 is 2.81 bits per heavy atom. The average molecular weight is 290 g/mol. The lowest BCUT2D eigenvalue weighted by atomic mass is 9.95. The van der Waals surface area contributed by atoms with Crippen LogP contribution in [0.3, 0.4) is 0 Å². The molecule has 3 unspecified atom stereocenters. The molecular formula is C17H26N2O2. The van der Waals surface area contributed by atoms with Gasteiger partial charge in [0.25, 0.3) is 0 Å². The molecule has 0 saturated carbocycles. The highest BCUT2D eigenvalue weighted by Crippen LogP contribution is 2.18. The van der Waals surface area contributed by atoms with Crippen LogP contribution in [0.4, 0.5) is 0 Å². The molecule has 1 saturated heterocycles. The van der Waals surface area contributed by atoms with Gasteiger partial charge in [0, 0.05) is 18.6 Å². The van der Waals surface area contributed by atoms with Crippen molar-refractivity contribution in [1.29, 1.82) is 0 Å². The molecule has 0 aromatic heterocycles. The zero-order valence-corrected chi connectivity index (χ0v) is 13.0. The first kappa shape index (κ1) is 16.0. The van der Waals surface area contributed by atoms with Crippen molar-refractivity contribution in [3.8, 4) is 0 Å². The summed E-state index contributed by atoms with van der Waals surface area (Å²) in [5, 5.41) is 6.44. The van der Waals surface area contributed by atoms with Crippen LogP contribution in [-0.2, 0) is 16.1 Å². The van der Waals surface area contributed by atoms with Crippen LogP contribution in [0.5, 0.6) is 0 Å². The van der Waals surface area contributed by atoms with Crippen molar-refractivity contribution in [1.82, 2.24) is 10.6 Å². The summed E-state index contributed by atoms with van der Waals surface area (Å²) < 4.78 is 5.81. The van der Waals surface area contributed by atoms with Crippen LogP contribution in [0.1, 0.15) is 38.7 Å². The zero-order valence-electron chi connectivity index (χ0n) is 13.0. The van der Waals surface area contributed by atoms with E-state index in [0.717, 1.165) is 24.8 Å². The molecule has 3 atom stereocenters. The van der Waals surface area contributed by atoms with Gasteiger partial charge in [-0.05, 0) is 31.7 Å². The molecule has 1 fully saturated rings. The van der Waals surface area contributed by atoms with Crippen molar-refractivity contribution in [2.45, 2.75) is 57.8 Å². The molecule has 0 spiro atoms. The Labute approximate surface area is 127 Å². The molecule has 1 aliphatic heterocycles. The number of carbonyl (C=O) groups excluding carboxylic acids is 1. The molecule has 4 heteroatoms. The van der Waals surface area contributed by atoms with Gasteiger partial charge in [0.2, 0.25) is 5.91 Å². The van der Waals surface area contributed by atoms with E-state index >= 15 is 0 Å². The quantitative estimate of drug-likeness (QED) is 0.845. The fraction of sp³-hybridized carbons (Fsp3) is 0.588. The van der Waals surface area contributed by atoms with E-state index in [9.17, 15) is 4.79 Å². The zero-order chi connectivity index (χ0) is 15.1. The Morgan fingerprint density at radius 1 is 1.33 bits per heavy atom. The van der Waals surface area contributed by atoms with E-state index in [1.54, 1.807) is 0 Å². The fourth-order valence-corrected chi connectivity index (χ4v) is 2.78. The first-order valence-corrected chi connectivity index (χ1v) is 7.87.